The van der Waals surface area contributed by atoms with Gasteiger partial charge in [0.15, 0.2) is 0 Å². The molecule has 6 heteroatoms. The van der Waals surface area contributed by atoms with Crippen LogP contribution in [0, 0.1) is 6.92 Å². The SMILES string of the molecule is COc1ccccc1N=Nc1ccc(C)cc1NC(N)=O. The molecular formula is C15H16N4O2. The van der Waals surface area contributed by atoms with E-state index in [-0.39, 0.29) is 0 Å². The van der Waals surface area contributed by atoms with Crippen molar-refractivity contribution < 1.29 is 9.53 Å². The summed E-state index contributed by atoms with van der Waals surface area (Å²) >= 11 is 0. The van der Waals surface area contributed by atoms with Crippen molar-refractivity contribution in [2.75, 3.05) is 12.4 Å². The first-order valence-corrected chi connectivity index (χ1v) is 6.32. The Labute approximate surface area is 122 Å². The van der Waals surface area contributed by atoms with Crippen molar-refractivity contribution in [3.8, 4) is 5.75 Å². The molecule has 2 amide bonds. The number of benzene rings is 2. The largest absolute Gasteiger partial charge is 0.494 e. The lowest BCUT2D eigenvalue weighted by atomic mass is 10.2. The van der Waals surface area contributed by atoms with Gasteiger partial charge in [0.2, 0.25) is 0 Å². The number of amides is 2. The Hall–Kier alpha value is -2.89. The molecule has 0 bridgehead atoms. The monoisotopic (exact) mass is 284 g/mol. The molecule has 0 atom stereocenters. The number of carbonyl (C=O) groups excluding carboxylic acids is 1. The average Bonchev–Trinajstić information content (AvgIpc) is 2.46. The number of primary amides is 1. The standard InChI is InChI=1S/C15H16N4O2/c1-10-7-8-11(13(9-10)17-15(16)20)18-19-12-5-3-4-6-14(12)21-2/h3-9H,1-2H3,(H3,16,17,20). The number of hydrogen-bond donors (Lipinski definition) is 2. The minimum absolute atomic E-state index is 0.515. The minimum atomic E-state index is -0.644. The molecule has 108 valence electrons. The summed E-state index contributed by atoms with van der Waals surface area (Å²) in [6, 6.07) is 12.1. The van der Waals surface area contributed by atoms with Gasteiger partial charge in [0.25, 0.3) is 0 Å². The fourth-order valence-electron chi connectivity index (χ4n) is 1.79. The molecule has 3 N–H and O–H groups in total. The summed E-state index contributed by atoms with van der Waals surface area (Å²) in [4.78, 5) is 11.0. The topological polar surface area (TPSA) is 89.1 Å². The molecule has 0 aliphatic heterocycles. The molecule has 0 heterocycles. The number of ether oxygens (including phenoxy) is 1. The summed E-state index contributed by atoms with van der Waals surface area (Å²) in [5.41, 5.74) is 7.77. The van der Waals surface area contributed by atoms with Crippen molar-refractivity contribution in [2.24, 2.45) is 16.0 Å². The maximum absolute atomic E-state index is 11.0. The second kappa shape index (κ2) is 6.51. The van der Waals surface area contributed by atoms with Crippen molar-refractivity contribution in [3.63, 3.8) is 0 Å². The summed E-state index contributed by atoms with van der Waals surface area (Å²) in [5, 5.41) is 10.8. The Morgan fingerprint density at radius 3 is 2.57 bits per heavy atom. The van der Waals surface area contributed by atoms with Gasteiger partial charge < -0.3 is 15.8 Å². The molecule has 0 aliphatic rings. The predicted octanol–water partition coefficient (Wildman–Crippen LogP) is 3.91. The van der Waals surface area contributed by atoms with Crippen LogP contribution in [0.2, 0.25) is 0 Å². The number of aryl methyl sites for hydroxylation is 1. The van der Waals surface area contributed by atoms with Gasteiger partial charge in [-0.15, -0.1) is 10.2 Å². The fourth-order valence-corrected chi connectivity index (χ4v) is 1.79. The van der Waals surface area contributed by atoms with Crippen LogP contribution >= 0.6 is 0 Å². The molecule has 0 saturated carbocycles. The van der Waals surface area contributed by atoms with E-state index in [1.807, 2.05) is 25.1 Å². The molecule has 0 radical (unpaired) electrons. The maximum atomic E-state index is 11.0. The molecule has 0 unspecified atom stereocenters. The highest BCUT2D eigenvalue weighted by atomic mass is 16.5. The molecule has 0 aromatic heterocycles. The summed E-state index contributed by atoms with van der Waals surface area (Å²) in [7, 11) is 1.57. The van der Waals surface area contributed by atoms with Gasteiger partial charge >= 0.3 is 6.03 Å². The first-order valence-electron chi connectivity index (χ1n) is 6.32. The predicted molar refractivity (Wildman–Crippen MR) is 81.6 cm³/mol. The van der Waals surface area contributed by atoms with Gasteiger partial charge in [-0.2, -0.15) is 0 Å². The van der Waals surface area contributed by atoms with Gasteiger partial charge in [-0.05, 0) is 36.8 Å². The quantitative estimate of drug-likeness (QED) is 0.833. The maximum Gasteiger partial charge on any atom is 0.316 e. The number of urea groups is 1. The summed E-state index contributed by atoms with van der Waals surface area (Å²) < 4.78 is 5.20. The van der Waals surface area contributed by atoms with E-state index in [1.165, 1.54) is 0 Å². The van der Waals surface area contributed by atoms with Gasteiger partial charge in [0.05, 0.1) is 12.8 Å². The van der Waals surface area contributed by atoms with Gasteiger partial charge in [0, 0.05) is 0 Å². The molecule has 0 aliphatic carbocycles. The number of anilines is 1. The molecule has 2 aromatic rings. The molecule has 21 heavy (non-hydrogen) atoms. The third-order valence-electron chi connectivity index (χ3n) is 2.76. The molecule has 0 spiro atoms. The van der Waals surface area contributed by atoms with Crippen LogP contribution in [0.15, 0.2) is 52.7 Å². The highest BCUT2D eigenvalue weighted by Crippen LogP contribution is 2.31. The summed E-state index contributed by atoms with van der Waals surface area (Å²) in [6.45, 7) is 1.91. The molecule has 2 aromatic carbocycles. The summed E-state index contributed by atoms with van der Waals surface area (Å²) in [6.07, 6.45) is 0. The molecule has 0 fully saturated rings. The van der Waals surface area contributed by atoms with Crippen molar-refractivity contribution in [1.82, 2.24) is 0 Å². The summed E-state index contributed by atoms with van der Waals surface area (Å²) in [5.74, 6) is 0.623. The van der Waals surface area contributed by atoms with Crippen LogP contribution in [0.5, 0.6) is 5.75 Å². The Balaban J connectivity index is 2.34. The Bertz CT molecular complexity index is 683. The highest BCUT2D eigenvalue weighted by Gasteiger charge is 2.05. The van der Waals surface area contributed by atoms with Gasteiger partial charge in [0.1, 0.15) is 17.1 Å². The van der Waals surface area contributed by atoms with E-state index in [0.717, 1.165) is 5.56 Å². The first kappa shape index (κ1) is 14.5. The molecule has 0 saturated heterocycles. The number of hydrogen-bond acceptors (Lipinski definition) is 4. The lowest BCUT2D eigenvalue weighted by Gasteiger charge is -2.06. The zero-order chi connectivity index (χ0) is 15.2. The van der Waals surface area contributed by atoms with Crippen LogP contribution in [0.25, 0.3) is 0 Å². The van der Waals surface area contributed by atoms with Gasteiger partial charge in [-0.1, -0.05) is 18.2 Å². The molecule has 2 rings (SSSR count). The third-order valence-corrected chi connectivity index (χ3v) is 2.76. The Morgan fingerprint density at radius 2 is 1.86 bits per heavy atom. The second-order valence-corrected chi connectivity index (χ2v) is 4.38. The zero-order valence-electron chi connectivity index (χ0n) is 11.8. The van der Waals surface area contributed by atoms with Gasteiger partial charge in [-0.25, -0.2) is 4.79 Å². The van der Waals surface area contributed by atoms with Crippen molar-refractivity contribution in [2.45, 2.75) is 6.92 Å². The van der Waals surface area contributed by atoms with Crippen molar-refractivity contribution >= 4 is 23.1 Å². The third kappa shape index (κ3) is 3.79. The first-order chi connectivity index (χ1) is 10.1. The van der Waals surface area contributed by atoms with Crippen LogP contribution < -0.4 is 15.8 Å². The normalized spacial score (nSPS) is 10.6. The smallest absolute Gasteiger partial charge is 0.316 e. The number of rotatable bonds is 4. The number of methoxy groups -OCH3 is 1. The van der Waals surface area contributed by atoms with Crippen LogP contribution in [-0.2, 0) is 0 Å². The number of azo groups is 1. The number of nitrogens with one attached hydrogen (secondary N) is 1. The number of carbonyl (C=O) groups is 1. The van der Waals surface area contributed by atoms with E-state index < -0.39 is 6.03 Å². The highest BCUT2D eigenvalue weighted by molar-refractivity contribution is 5.91. The zero-order valence-corrected chi connectivity index (χ0v) is 11.8. The van der Waals surface area contributed by atoms with Crippen LogP contribution in [0.3, 0.4) is 0 Å². The van der Waals surface area contributed by atoms with E-state index in [2.05, 4.69) is 15.5 Å². The van der Waals surface area contributed by atoms with E-state index in [0.29, 0.717) is 22.8 Å². The van der Waals surface area contributed by atoms with Crippen molar-refractivity contribution in [1.29, 1.82) is 0 Å². The number of nitrogens with two attached hydrogens (primary N) is 1. The average molecular weight is 284 g/mol. The van der Waals surface area contributed by atoms with E-state index in [4.69, 9.17) is 10.5 Å². The molecular weight excluding hydrogens is 268 g/mol. The second-order valence-electron chi connectivity index (χ2n) is 4.38. The fraction of sp³-hybridized carbons (Fsp3) is 0.133. The minimum Gasteiger partial charge on any atom is -0.494 e. The van der Waals surface area contributed by atoms with Crippen LogP contribution in [-0.4, -0.2) is 13.1 Å². The van der Waals surface area contributed by atoms with E-state index >= 15 is 0 Å². The van der Waals surface area contributed by atoms with Crippen molar-refractivity contribution in [3.05, 3.63) is 48.0 Å². The molecule has 6 nitrogen and oxygen atoms in total. The van der Waals surface area contributed by atoms with Gasteiger partial charge in [-0.3, -0.25) is 0 Å². The number of para-hydroxylation sites is 1. The Morgan fingerprint density at radius 1 is 1.14 bits per heavy atom. The lowest BCUT2D eigenvalue weighted by Crippen LogP contribution is -2.19. The number of nitrogens with zero attached hydrogens (tertiary/aromatic N) is 2. The Kier molecular flexibility index (Phi) is 4.50. The van der Waals surface area contributed by atoms with E-state index in [9.17, 15) is 4.79 Å². The van der Waals surface area contributed by atoms with E-state index in [1.54, 1.807) is 31.4 Å². The van der Waals surface area contributed by atoms with Crippen LogP contribution in [0.1, 0.15) is 5.56 Å². The lowest BCUT2D eigenvalue weighted by molar-refractivity contribution is 0.259. The van der Waals surface area contributed by atoms with Crippen LogP contribution in [0.4, 0.5) is 21.9 Å².